The maximum atomic E-state index is 12.9. The molecule has 1 saturated carbocycles. The Morgan fingerprint density at radius 2 is 1.76 bits per heavy atom. The van der Waals surface area contributed by atoms with E-state index >= 15 is 0 Å². The Balaban J connectivity index is 1.94. The van der Waals surface area contributed by atoms with E-state index in [1.54, 1.807) is 0 Å². The molecule has 2 aromatic heterocycles. The summed E-state index contributed by atoms with van der Waals surface area (Å²) >= 11 is 0. The molecule has 1 aliphatic carbocycles. The van der Waals surface area contributed by atoms with Gasteiger partial charge in [0.25, 0.3) is 5.56 Å². The van der Waals surface area contributed by atoms with Gasteiger partial charge in [0.05, 0.1) is 6.33 Å². The molecule has 0 saturated heterocycles. The molecule has 0 atom stereocenters. The van der Waals surface area contributed by atoms with Gasteiger partial charge in [0.15, 0.2) is 16.8 Å². The molecule has 0 aliphatic heterocycles. The lowest BCUT2D eigenvalue weighted by molar-refractivity contribution is -0.272. The van der Waals surface area contributed by atoms with Gasteiger partial charge in [-0.05, 0) is 31.6 Å². The standard InChI is InChI=1S/C16H18F6N4O3/c1-24-11-10(25(8-23-11)7-15(17,18)19)12(27)26(13(24)28)6-9-2-4-14(29,5-3-9)16(20,21)22/h8-9,29H,2-7H2,1H3/t9-,14+. The molecule has 0 unspecified atom stereocenters. The number of alkyl halides is 6. The maximum Gasteiger partial charge on any atom is 0.417 e. The summed E-state index contributed by atoms with van der Waals surface area (Å²) in [6, 6.07) is 0. The number of fused-ring (bicyclic) bond motifs is 1. The zero-order chi connectivity index (χ0) is 21.8. The first-order valence-corrected chi connectivity index (χ1v) is 8.74. The first kappa shape index (κ1) is 21.4. The Morgan fingerprint density at radius 3 is 2.28 bits per heavy atom. The molecule has 0 amide bonds. The van der Waals surface area contributed by atoms with E-state index in [9.17, 15) is 41.0 Å². The van der Waals surface area contributed by atoms with E-state index in [4.69, 9.17) is 0 Å². The van der Waals surface area contributed by atoms with Crippen LogP contribution in [0, 0.1) is 5.92 Å². The topological polar surface area (TPSA) is 82.0 Å². The number of aryl methyl sites for hydroxylation is 1. The summed E-state index contributed by atoms with van der Waals surface area (Å²) < 4.78 is 79.3. The molecule has 2 aromatic rings. The summed E-state index contributed by atoms with van der Waals surface area (Å²) in [6.07, 6.45) is -9.93. The highest BCUT2D eigenvalue weighted by Crippen LogP contribution is 2.43. The van der Waals surface area contributed by atoms with Gasteiger partial charge in [-0.3, -0.25) is 13.9 Å². The number of imidazole rings is 1. The van der Waals surface area contributed by atoms with Gasteiger partial charge < -0.3 is 9.67 Å². The fourth-order valence-corrected chi connectivity index (χ4v) is 3.68. The summed E-state index contributed by atoms with van der Waals surface area (Å²) in [5.74, 6) is -0.514. The third kappa shape index (κ3) is 3.91. The van der Waals surface area contributed by atoms with Gasteiger partial charge in [-0.25, -0.2) is 9.78 Å². The molecule has 3 rings (SSSR count). The van der Waals surface area contributed by atoms with Crippen LogP contribution >= 0.6 is 0 Å². The predicted molar refractivity (Wildman–Crippen MR) is 88.3 cm³/mol. The SMILES string of the molecule is Cn1c(=O)n(C[C@H]2CC[C@](O)(C(F)(F)F)CC2)c(=O)c2c1ncn2CC(F)(F)F. The Labute approximate surface area is 159 Å². The number of halogens is 6. The van der Waals surface area contributed by atoms with Gasteiger partial charge in [0, 0.05) is 13.6 Å². The predicted octanol–water partition coefficient (Wildman–Crippen LogP) is 1.94. The molecule has 0 spiro atoms. The molecule has 7 nitrogen and oxygen atoms in total. The molecule has 13 heteroatoms. The van der Waals surface area contributed by atoms with Crippen molar-refractivity contribution < 1.29 is 31.4 Å². The van der Waals surface area contributed by atoms with Crippen LogP contribution in [-0.4, -0.2) is 41.7 Å². The molecule has 162 valence electrons. The zero-order valence-corrected chi connectivity index (χ0v) is 15.2. The normalized spacial score (nSPS) is 23.7. The summed E-state index contributed by atoms with van der Waals surface area (Å²) in [5, 5.41) is 9.73. The second kappa shape index (κ2) is 6.89. The fraction of sp³-hybridized carbons (Fsp3) is 0.688. The summed E-state index contributed by atoms with van der Waals surface area (Å²) in [7, 11) is 1.24. The number of aliphatic hydroxyl groups is 1. The first-order chi connectivity index (χ1) is 13.2. The van der Waals surface area contributed by atoms with Gasteiger partial charge in [0.1, 0.15) is 6.54 Å². The summed E-state index contributed by atoms with van der Waals surface area (Å²) in [6.45, 7) is -1.73. The average molecular weight is 428 g/mol. The van der Waals surface area contributed by atoms with Crippen LogP contribution in [0.5, 0.6) is 0 Å². The lowest BCUT2D eigenvalue weighted by Gasteiger charge is -2.37. The smallest absolute Gasteiger partial charge is 0.380 e. The number of nitrogens with zero attached hydrogens (tertiary/aromatic N) is 4. The third-order valence-electron chi connectivity index (χ3n) is 5.35. The van der Waals surface area contributed by atoms with Crippen molar-refractivity contribution in [2.24, 2.45) is 13.0 Å². The second-order valence-corrected chi connectivity index (χ2v) is 7.39. The quantitative estimate of drug-likeness (QED) is 0.758. The Kier molecular flexibility index (Phi) is 5.08. The minimum Gasteiger partial charge on any atom is -0.380 e. The molecule has 1 aliphatic rings. The summed E-state index contributed by atoms with van der Waals surface area (Å²) in [5.41, 5.74) is -5.24. The van der Waals surface area contributed by atoms with Gasteiger partial charge in [-0.2, -0.15) is 26.3 Å². The van der Waals surface area contributed by atoms with E-state index < -0.39 is 60.0 Å². The van der Waals surface area contributed by atoms with Crippen molar-refractivity contribution in [1.82, 2.24) is 18.7 Å². The van der Waals surface area contributed by atoms with Crippen LogP contribution in [0.3, 0.4) is 0 Å². The second-order valence-electron chi connectivity index (χ2n) is 7.39. The van der Waals surface area contributed by atoms with Gasteiger partial charge in [-0.1, -0.05) is 0 Å². The van der Waals surface area contributed by atoms with Crippen LogP contribution in [0.15, 0.2) is 15.9 Å². The molecule has 2 heterocycles. The molecule has 1 N–H and O–H groups in total. The third-order valence-corrected chi connectivity index (χ3v) is 5.35. The van der Waals surface area contributed by atoms with E-state index in [2.05, 4.69) is 4.98 Å². The van der Waals surface area contributed by atoms with Crippen molar-refractivity contribution >= 4 is 11.2 Å². The molecule has 1 fully saturated rings. The van der Waals surface area contributed by atoms with Crippen molar-refractivity contribution in [2.75, 3.05) is 0 Å². The van der Waals surface area contributed by atoms with E-state index in [1.165, 1.54) is 7.05 Å². The van der Waals surface area contributed by atoms with Crippen LogP contribution in [-0.2, 0) is 20.1 Å². The maximum absolute atomic E-state index is 12.9. The lowest BCUT2D eigenvalue weighted by atomic mass is 9.78. The molecular formula is C16H18F6N4O3. The van der Waals surface area contributed by atoms with Gasteiger partial charge in [0.2, 0.25) is 0 Å². The first-order valence-electron chi connectivity index (χ1n) is 8.74. The van der Waals surface area contributed by atoms with E-state index in [0.717, 1.165) is 15.5 Å². The van der Waals surface area contributed by atoms with E-state index in [-0.39, 0.29) is 25.0 Å². The van der Waals surface area contributed by atoms with E-state index in [0.29, 0.717) is 4.57 Å². The molecule has 0 aromatic carbocycles. The zero-order valence-electron chi connectivity index (χ0n) is 15.2. The van der Waals surface area contributed by atoms with Crippen molar-refractivity contribution in [3.63, 3.8) is 0 Å². The van der Waals surface area contributed by atoms with Crippen molar-refractivity contribution in [3.8, 4) is 0 Å². The fourth-order valence-electron chi connectivity index (χ4n) is 3.68. The van der Waals surface area contributed by atoms with Crippen molar-refractivity contribution in [1.29, 1.82) is 0 Å². The number of hydrogen-bond acceptors (Lipinski definition) is 4. The molecular weight excluding hydrogens is 410 g/mol. The van der Waals surface area contributed by atoms with Crippen LogP contribution in [0.25, 0.3) is 11.2 Å². The highest BCUT2D eigenvalue weighted by atomic mass is 19.4. The van der Waals surface area contributed by atoms with Crippen molar-refractivity contribution in [3.05, 3.63) is 27.2 Å². The minimum absolute atomic E-state index is 0.0918. The molecule has 0 radical (unpaired) electrons. The van der Waals surface area contributed by atoms with Crippen LogP contribution < -0.4 is 11.2 Å². The van der Waals surface area contributed by atoms with Crippen molar-refractivity contribution in [2.45, 2.75) is 56.7 Å². The number of rotatable bonds is 3. The van der Waals surface area contributed by atoms with Crippen LogP contribution in [0.2, 0.25) is 0 Å². The van der Waals surface area contributed by atoms with E-state index in [1.807, 2.05) is 0 Å². The Morgan fingerprint density at radius 1 is 1.17 bits per heavy atom. The largest absolute Gasteiger partial charge is 0.417 e. The lowest BCUT2D eigenvalue weighted by Crippen LogP contribution is -2.49. The highest BCUT2D eigenvalue weighted by molar-refractivity contribution is 5.69. The van der Waals surface area contributed by atoms with Gasteiger partial charge >= 0.3 is 18.0 Å². The van der Waals surface area contributed by atoms with Crippen LogP contribution in [0.1, 0.15) is 25.7 Å². The average Bonchev–Trinajstić information content (AvgIpc) is 2.99. The monoisotopic (exact) mass is 428 g/mol. The molecule has 0 bridgehead atoms. The van der Waals surface area contributed by atoms with Gasteiger partial charge in [-0.15, -0.1) is 0 Å². The summed E-state index contributed by atoms with van der Waals surface area (Å²) in [4.78, 5) is 28.9. The highest BCUT2D eigenvalue weighted by Gasteiger charge is 2.54. The Bertz CT molecular complexity index is 1020. The minimum atomic E-state index is -4.78. The number of aromatic nitrogens is 4. The number of hydrogen-bond donors (Lipinski definition) is 1. The Hall–Kier alpha value is -2.31. The molecule has 29 heavy (non-hydrogen) atoms. The van der Waals surface area contributed by atoms with Crippen LogP contribution in [0.4, 0.5) is 26.3 Å².